The Morgan fingerprint density at radius 2 is 2.05 bits per heavy atom. The number of urea groups is 1. The molecule has 2 amide bonds. The van der Waals surface area contributed by atoms with E-state index >= 15 is 0 Å². The largest absolute Gasteiger partial charge is 0.478 e. The number of aromatic carboxylic acids is 1. The Bertz CT molecular complexity index is 482. The van der Waals surface area contributed by atoms with Gasteiger partial charge in [-0.25, -0.2) is 9.59 Å². The second-order valence-corrected chi connectivity index (χ2v) is 4.87. The fourth-order valence-corrected chi connectivity index (χ4v) is 2.04. The van der Waals surface area contributed by atoms with Gasteiger partial charge in [0.2, 0.25) is 0 Å². The van der Waals surface area contributed by atoms with Crippen LogP contribution in [-0.2, 0) is 0 Å². The second kappa shape index (κ2) is 5.69. The number of rotatable bonds is 2. The molecule has 1 aliphatic heterocycles. The quantitative estimate of drug-likeness (QED) is 0.855. The number of hydrogen-bond donors (Lipinski definition) is 2. The first kappa shape index (κ1) is 13.3. The normalized spacial score (nSPS) is 16.2. The molecule has 1 aromatic heterocycles. The average molecular weight is 263 g/mol. The van der Waals surface area contributed by atoms with Crippen molar-refractivity contribution in [2.75, 3.05) is 18.4 Å². The molecule has 0 saturated carbocycles. The molecule has 0 bridgehead atoms. The van der Waals surface area contributed by atoms with Crippen LogP contribution in [0.15, 0.2) is 18.5 Å². The number of anilines is 1. The third-order valence-corrected chi connectivity index (χ3v) is 3.31. The summed E-state index contributed by atoms with van der Waals surface area (Å²) in [5.74, 6) is -0.406. The second-order valence-electron chi connectivity index (χ2n) is 4.87. The number of carboxylic acids is 1. The highest BCUT2D eigenvalue weighted by molar-refractivity contribution is 5.92. The zero-order valence-electron chi connectivity index (χ0n) is 10.8. The first-order chi connectivity index (χ1) is 9.06. The monoisotopic (exact) mass is 263 g/mol. The van der Waals surface area contributed by atoms with E-state index in [1.54, 1.807) is 4.90 Å². The summed E-state index contributed by atoms with van der Waals surface area (Å²) in [5.41, 5.74) is 0.466. The highest BCUT2D eigenvalue weighted by atomic mass is 16.4. The van der Waals surface area contributed by atoms with Gasteiger partial charge in [-0.3, -0.25) is 4.98 Å². The van der Waals surface area contributed by atoms with E-state index in [4.69, 9.17) is 5.11 Å². The molecule has 0 atom stereocenters. The van der Waals surface area contributed by atoms with E-state index < -0.39 is 5.97 Å². The lowest BCUT2D eigenvalue weighted by Gasteiger charge is -2.30. The van der Waals surface area contributed by atoms with Gasteiger partial charge in [-0.1, -0.05) is 6.92 Å². The van der Waals surface area contributed by atoms with Crippen molar-refractivity contribution in [3.05, 3.63) is 24.0 Å². The van der Waals surface area contributed by atoms with E-state index in [0.717, 1.165) is 25.9 Å². The number of hydrogen-bond acceptors (Lipinski definition) is 3. The Labute approximate surface area is 111 Å². The smallest absolute Gasteiger partial charge is 0.337 e. The summed E-state index contributed by atoms with van der Waals surface area (Å²) in [5, 5.41) is 11.5. The van der Waals surface area contributed by atoms with E-state index in [9.17, 15) is 9.59 Å². The number of carbonyl (C=O) groups excluding carboxylic acids is 1. The molecule has 1 aromatic rings. The van der Waals surface area contributed by atoms with E-state index in [2.05, 4.69) is 17.2 Å². The van der Waals surface area contributed by atoms with Crippen LogP contribution < -0.4 is 5.32 Å². The lowest BCUT2D eigenvalue weighted by atomic mass is 10.00. The van der Waals surface area contributed by atoms with Gasteiger partial charge in [-0.05, 0) is 24.8 Å². The molecular weight excluding hydrogens is 246 g/mol. The van der Waals surface area contributed by atoms with Crippen LogP contribution in [0.5, 0.6) is 0 Å². The third kappa shape index (κ3) is 3.43. The lowest BCUT2D eigenvalue weighted by Crippen LogP contribution is -2.40. The maximum Gasteiger partial charge on any atom is 0.337 e. The summed E-state index contributed by atoms with van der Waals surface area (Å²) in [6.07, 6.45) is 4.69. The Kier molecular flexibility index (Phi) is 3.99. The molecule has 2 N–H and O–H groups in total. The number of pyridine rings is 1. The van der Waals surface area contributed by atoms with Gasteiger partial charge in [-0.2, -0.15) is 0 Å². The van der Waals surface area contributed by atoms with Crippen LogP contribution in [0.2, 0.25) is 0 Å². The van der Waals surface area contributed by atoms with Crippen molar-refractivity contribution in [1.82, 2.24) is 9.88 Å². The summed E-state index contributed by atoms with van der Waals surface area (Å²) in [6, 6.07) is 1.20. The highest BCUT2D eigenvalue weighted by Crippen LogP contribution is 2.17. The Morgan fingerprint density at radius 3 is 2.68 bits per heavy atom. The van der Waals surface area contributed by atoms with Gasteiger partial charge in [0.15, 0.2) is 0 Å². The zero-order valence-corrected chi connectivity index (χ0v) is 10.8. The number of amides is 2. The number of carbonyl (C=O) groups is 2. The fraction of sp³-hybridized carbons (Fsp3) is 0.462. The van der Waals surface area contributed by atoms with Crippen molar-refractivity contribution >= 4 is 17.7 Å². The molecule has 1 aliphatic rings. The molecule has 6 heteroatoms. The predicted molar refractivity (Wildman–Crippen MR) is 70.2 cm³/mol. The maximum absolute atomic E-state index is 12.0. The van der Waals surface area contributed by atoms with E-state index in [-0.39, 0.29) is 11.6 Å². The number of nitrogens with zero attached hydrogens (tertiary/aromatic N) is 2. The van der Waals surface area contributed by atoms with E-state index in [0.29, 0.717) is 11.6 Å². The molecule has 2 heterocycles. The first-order valence-electron chi connectivity index (χ1n) is 6.30. The third-order valence-electron chi connectivity index (χ3n) is 3.31. The van der Waals surface area contributed by atoms with Crippen molar-refractivity contribution < 1.29 is 14.7 Å². The van der Waals surface area contributed by atoms with Crippen LogP contribution in [0.4, 0.5) is 10.5 Å². The molecule has 19 heavy (non-hydrogen) atoms. The number of piperidine rings is 1. The molecule has 1 saturated heterocycles. The molecule has 0 aromatic carbocycles. The van der Waals surface area contributed by atoms with Crippen LogP contribution in [-0.4, -0.2) is 40.1 Å². The molecule has 1 fully saturated rings. The molecule has 0 spiro atoms. The molecular formula is C13H17N3O3. The van der Waals surface area contributed by atoms with Crippen LogP contribution in [0.1, 0.15) is 30.1 Å². The van der Waals surface area contributed by atoms with Gasteiger partial charge < -0.3 is 15.3 Å². The van der Waals surface area contributed by atoms with Gasteiger partial charge in [0.05, 0.1) is 17.4 Å². The molecule has 6 nitrogen and oxygen atoms in total. The summed E-state index contributed by atoms with van der Waals surface area (Å²) < 4.78 is 0. The molecule has 2 rings (SSSR count). The van der Waals surface area contributed by atoms with Gasteiger partial charge in [0.1, 0.15) is 0 Å². The Balaban J connectivity index is 1.98. The van der Waals surface area contributed by atoms with Crippen molar-refractivity contribution in [1.29, 1.82) is 0 Å². The van der Waals surface area contributed by atoms with Crippen molar-refractivity contribution in [3.8, 4) is 0 Å². The highest BCUT2D eigenvalue weighted by Gasteiger charge is 2.20. The van der Waals surface area contributed by atoms with E-state index in [1.807, 2.05) is 0 Å². The summed E-state index contributed by atoms with van der Waals surface area (Å²) >= 11 is 0. The van der Waals surface area contributed by atoms with Crippen molar-refractivity contribution in [2.24, 2.45) is 5.92 Å². The van der Waals surface area contributed by atoms with Crippen LogP contribution >= 0.6 is 0 Å². The van der Waals surface area contributed by atoms with Gasteiger partial charge in [-0.15, -0.1) is 0 Å². The number of aromatic nitrogens is 1. The summed E-state index contributed by atoms with van der Waals surface area (Å²) in [6.45, 7) is 3.65. The standard InChI is InChI=1S/C13H17N3O3/c1-9-2-4-16(5-3-9)13(19)15-11-6-10(12(17)18)7-14-8-11/h6-9H,2-5H2,1H3,(H,15,19)(H,17,18). The minimum atomic E-state index is -1.06. The van der Waals surface area contributed by atoms with Crippen LogP contribution in [0, 0.1) is 5.92 Å². The Hall–Kier alpha value is -2.11. The van der Waals surface area contributed by atoms with E-state index in [1.165, 1.54) is 18.5 Å². The zero-order chi connectivity index (χ0) is 13.8. The first-order valence-corrected chi connectivity index (χ1v) is 6.30. The van der Waals surface area contributed by atoms with Crippen LogP contribution in [0.3, 0.4) is 0 Å². The minimum Gasteiger partial charge on any atom is -0.478 e. The number of nitrogens with one attached hydrogen (secondary N) is 1. The van der Waals surface area contributed by atoms with Gasteiger partial charge >= 0.3 is 12.0 Å². The van der Waals surface area contributed by atoms with Gasteiger partial charge in [0.25, 0.3) is 0 Å². The topological polar surface area (TPSA) is 82.5 Å². The molecule has 102 valence electrons. The fourth-order valence-electron chi connectivity index (χ4n) is 2.04. The van der Waals surface area contributed by atoms with Crippen LogP contribution in [0.25, 0.3) is 0 Å². The average Bonchev–Trinajstić information content (AvgIpc) is 2.39. The number of carboxylic acid groups (broad SMARTS) is 1. The maximum atomic E-state index is 12.0. The SMILES string of the molecule is CC1CCN(C(=O)Nc2cncc(C(=O)O)c2)CC1. The molecule has 0 unspecified atom stereocenters. The number of likely N-dealkylation sites (tertiary alicyclic amines) is 1. The Morgan fingerprint density at radius 1 is 1.37 bits per heavy atom. The van der Waals surface area contributed by atoms with Crippen molar-refractivity contribution in [3.63, 3.8) is 0 Å². The van der Waals surface area contributed by atoms with Crippen molar-refractivity contribution in [2.45, 2.75) is 19.8 Å². The minimum absolute atomic E-state index is 0.0602. The predicted octanol–water partition coefficient (Wildman–Crippen LogP) is 2.04. The van der Waals surface area contributed by atoms with Gasteiger partial charge in [0, 0.05) is 19.3 Å². The molecule has 0 radical (unpaired) electrons. The summed E-state index contributed by atoms with van der Waals surface area (Å²) in [7, 11) is 0. The lowest BCUT2D eigenvalue weighted by molar-refractivity contribution is 0.0696. The summed E-state index contributed by atoms with van der Waals surface area (Å²) in [4.78, 5) is 28.4. The molecule has 0 aliphatic carbocycles.